The molecule has 0 aliphatic carbocycles. The topological polar surface area (TPSA) is 43.8 Å². The van der Waals surface area contributed by atoms with Crippen LogP contribution in [0.4, 0.5) is 10.3 Å². The van der Waals surface area contributed by atoms with E-state index in [9.17, 15) is 4.39 Å². The van der Waals surface area contributed by atoms with Crippen molar-refractivity contribution in [3.05, 3.63) is 51.2 Å². The molecule has 3 aromatic rings. The van der Waals surface area contributed by atoms with Crippen molar-refractivity contribution in [1.82, 2.24) is 9.55 Å². The minimum atomic E-state index is -0.344. The molecular formula is C14H10BrClFN3. The van der Waals surface area contributed by atoms with E-state index in [2.05, 4.69) is 20.9 Å². The Balaban J connectivity index is 2.35. The fourth-order valence-electron chi connectivity index (χ4n) is 2.13. The maximum absolute atomic E-state index is 13.3. The number of anilines is 1. The van der Waals surface area contributed by atoms with Gasteiger partial charge < -0.3 is 5.73 Å². The number of hydrogen-bond acceptors (Lipinski definition) is 2. The van der Waals surface area contributed by atoms with E-state index in [1.807, 2.05) is 19.1 Å². The highest BCUT2D eigenvalue weighted by atomic mass is 79.9. The SMILES string of the molecule is Cc1cc(Br)c(-n2c(N)nc3cc(F)ccc32)cc1Cl. The Morgan fingerprint density at radius 2 is 2.05 bits per heavy atom. The summed E-state index contributed by atoms with van der Waals surface area (Å²) in [5.41, 5.74) is 8.92. The summed E-state index contributed by atoms with van der Waals surface area (Å²) in [6.45, 7) is 1.92. The van der Waals surface area contributed by atoms with Gasteiger partial charge >= 0.3 is 0 Å². The zero-order chi connectivity index (χ0) is 14.4. The fraction of sp³-hybridized carbons (Fsp3) is 0.0714. The van der Waals surface area contributed by atoms with E-state index in [1.54, 1.807) is 10.6 Å². The molecule has 0 fully saturated rings. The number of hydrogen-bond donors (Lipinski definition) is 1. The quantitative estimate of drug-likeness (QED) is 0.700. The summed E-state index contributed by atoms with van der Waals surface area (Å²) < 4.78 is 15.8. The summed E-state index contributed by atoms with van der Waals surface area (Å²) in [6, 6.07) is 8.10. The molecule has 0 unspecified atom stereocenters. The number of nitrogen functional groups attached to an aromatic ring is 1. The summed E-state index contributed by atoms with van der Waals surface area (Å²) in [5.74, 6) is -0.0608. The minimum absolute atomic E-state index is 0.284. The van der Waals surface area contributed by atoms with Crippen LogP contribution in [0.2, 0.25) is 5.02 Å². The van der Waals surface area contributed by atoms with E-state index in [0.717, 1.165) is 21.2 Å². The third kappa shape index (κ3) is 2.07. The first-order chi connectivity index (χ1) is 9.47. The Morgan fingerprint density at radius 1 is 1.30 bits per heavy atom. The van der Waals surface area contributed by atoms with Crippen LogP contribution in [0, 0.1) is 12.7 Å². The van der Waals surface area contributed by atoms with Crippen LogP contribution in [-0.2, 0) is 0 Å². The van der Waals surface area contributed by atoms with Crippen molar-refractivity contribution in [2.75, 3.05) is 5.73 Å². The number of fused-ring (bicyclic) bond motifs is 1. The van der Waals surface area contributed by atoms with E-state index in [4.69, 9.17) is 17.3 Å². The van der Waals surface area contributed by atoms with E-state index in [-0.39, 0.29) is 11.8 Å². The van der Waals surface area contributed by atoms with Gasteiger partial charge in [0.2, 0.25) is 5.95 Å². The van der Waals surface area contributed by atoms with E-state index in [0.29, 0.717) is 10.5 Å². The number of rotatable bonds is 1. The van der Waals surface area contributed by atoms with E-state index >= 15 is 0 Å². The number of benzene rings is 2. The van der Waals surface area contributed by atoms with Gasteiger partial charge in [0.25, 0.3) is 0 Å². The third-order valence-corrected chi connectivity index (χ3v) is 4.15. The maximum atomic E-state index is 13.3. The van der Waals surface area contributed by atoms with Crippen molar-refractivity contribution in [3.8, 4) is 5.69 Å². The first-order valence-corrected chi connectivity index (χ1v) is 7.04. The molecule has 0 saturated carbocycles. The van der Waals surface area contributed by atoms with Crippen LogP contribution in [-0.4, -0.2) is 9.55 Å². The van der Waals surface area contributed by atoms with Crippen LogP contribution in [0.25, 0.3) is 16.7 Å². The molecule has 1 heterocycles. The third-order valence-electron chi connectivity index (χ3n) is 3.11. The molecule has 2 aromatic carbocycles. The molecule has 0 amide bonds. The second kappa shape index (κ2) is 4.75. The van der Waals surface area contributed by atoms with Crippen LogP contribution in [0.5, 0.6) is 0 Å². The predicted octanol–water partition coefficient (Wildman–Crippen LogP) is 4.47. The molecule has 3 nitrogen and oxygen atoms in total. The Labute approximate surface area is 128 Å². The predicted molar refractivity (Wildman–Crippen MR) is 82.9 cm³/mol. The van der Waals surface area contributed by atoms with Crippen molar-refractivity contribution in [3.63, 3.8) is 0 Å². The lowest BCUT2D eigenvalue weighted by molar-refractivity contribution is 0.629. The monoisotopic (exact) mass is 353 g/mol. The van der Waals surface area contributed by atoms with Gasteiger partial charge in [-0.1, -0.05) is 11.6 Å². The van der Waals surface area contributed by atoms with Gasteiger partial charge in [0, 0.05) is 15.6 Å². The molecule has 1 aromatic heterocycles. The van der Waals surface area contributed by atoms with Gasteiger partial charge in [0.05, 0.1) is 16.7 Å². The molecule has 0 bridgehead atoms. The maximum Gasteiger partial charge on any atom is 0.205 e. The molecule has 6 heteroatoms. The second-order valence-corrected chi connectivity index (χ2v) is 5.75. The first kappa shape index (κ1) is 13.4. The van der Waals surface area contributed by atoms with Crippen molar-refractivity contribution < 1.29 is 4.39 Å². The number of aryl methyl sites for hydroxylation is 1. The largest absolute Gasteiger partial charge is 0.369 e. The highest BCUT2D eigenvalue weighted by molar-refractivity contribution is 9.10. The molecule has 20 heavy (non-hydrogen) atoms. The number of nitrogens with zero attached hydrogens (tertiary/aromatic N) is 2. The van der Waals surface area contributed by atoms with Crippen molar-refractivity contribution in [2.24, 2.45) is 0 Å². The van der Waals surface area contributed by atoms with Crippen LogP contribution in [0.15, 0.2) is 34.8 Å². The second-order valence-electron chi connectivity index (χ2n) is 4.49. The smallest absolute Gasteiger partial charge is 0.205 e. The van der Waals surface area contributed by atoms with Crippen LogP contribution in [0.3, 0.4) is 0 Å². The lowest BCUT2D eigenvalue weighted by atomic mass is 10.2. The average molecular weight is 355 g/mol. The van der Waals surface area contributed by atoms with Crippen molar-refractivity contribution in [2.45, 2.75) is 6.92 Å². The number of halogens is 3. The highest BCUT2D eigenvalue weighted by Crippen LogP contribution is 2.32. The standard InChI is InChI=1S/C14H10BrClFN3/c1-7-4-9(15)13(6-10(7)16)20-12-3-2-8(17)5-11(12)19-14(20)18/h2-6H,1H3,(H2,18,19). The van der Waals surface area contributed by atoms with E-state index < -0.39 is 0 Å². The summed E-state index contributed by atoms with van der Waals surface area (Å²) >= 11 is 9.68. The number of aromatic nitrogens is 2. The molecule has 3 rings (SSSR count). The van der Waals surface area contributed by atoms with Crippen molar-refractivity contribution >= 4 is 44.5 Å². The highest BCUT2D eigenvalue weighted by Gasteiger charge is 2.14. The van der Waals surface area contributed by atoms with Gasteiger partial charge in [0.1, 0.15) is 5.82 Å². The summed E-state index contributed by atoms with van der Waals surface area (Å²) in [4.78, 5) is 4.18. The summed E-state index contributed by atoms with van der Waals surface area (Å²) in [6.07, 6.45) is 0. The molecule has 0 radical (unpaired) electrons. The molecular weight excluding hydrogens is 345 g/mol. The molecule has 0 spiro atoms. The summed E-state index contributed by atoms with van der Waals surface area (Å²) in [5, 5.41) is 0.631. The minimum Gasteiger partial charge on any atom is -0.369 e. The van der Waals surface area contributed by atoms with Gasteiger partial charge in [-0.3, -0.25) is 4.57 Å². The Bertz CT molecular complexity index is 829. The van der Waals surface area contributed by atoms with Gasteiger partial charge in [-0.15, -0.1) is 0 Å². The van der Waals surface area contributed by atoms with Gasteiger partial charge in [-0.25, -0.2) is 9.37 Å². The van der Waals surface area contributed by atoms with Crippen LogP contribution < -0.4 is 5.73 Å². The molecule has 0 aliphatic rings. The van der Waals surface area contributed by atoms with Gasteiger partial charge in [0.15, 0.2) is 0 Å². The van der Waals surface area contributed by atoms with Crippen LogP contribution in [0.1, 0.15) is 5.56 Å². The lowest BCUT2D eigenvalue weighted by Gasteiger charge is -2.11. The fourth-order valence-corrected chi connectivity index (χ4v) is 2.93. The Hall–Kier alpha value is -1.59. The van der Waals surface area contributed by atoms with Gasteiger partial charge in [-0.2, -0.15) is 0 Å². The molecule has 2 N–H and O–H groups in total. The van der Waals surface area contributed by atoms with Gasteiger partial charge in [-0.05, 0) is 52.7 Å². The molecule has 0 atom stereocenters. The normalized spacial score (nSPS) is 11.2. The van der Waals surface area contributed by atoms with Crippen LogP contribution >= 0.6 is 27.5 Å². The summed E-state index contributed by atoms with van der Waals surface area (Å²) in [7, 11) is 0. The van der Waals surface area contributed by atoms with Crippen molar-refractivity contribution in [1.29, 1.82) is 0 Å². The Morgan fingerprint density at radius 3 is 2.80 bits per heavy atom. The zero-order valence-electron chi connectivity index (χ0n) is 10.5. The lowest BCUT2D eigenvalue weighted by Crippen LogP contribution is -2.02. The zero-order valence-corrected chi connectivity index (χ0v) is 12.8. The Kier molecular flexibility index (Phi) is 3.18. The van der Waals surface area contributed by atoms with E-state index in [1.165, 1.54) is 12.1 Å². The first-order valence-electron chi connectivity index (χ1n) is 5.87. The number of nitrogens with two attached hydrogens (primary N) is 1. The molecule has 0 saturated heterocycles. The molecule has 0 aliphatic heterocycles. The number of imidazole rings is 1. The molecule has 102 valence electrons. The average Bonchev–Trinajstić information content (AvgIpc) is 2.69.